The number of aromatic nitrogens is 3. The molecule has 1 aliphatic heterocycles. The van der Waals surface area contributed by atoms with Crippen molar-refractivity contribution in [2.45, 2.75) is 6.54 Å². The normalized spacial score (nSPS) is 12.5. The first kappa shape index (κ1) is 17.1. The molecular formula is C22H17N5O2. The van der Waals surface area contributed by atoms with Gasteiger partial charge in [0.25, 0.3) is 5.91 Å². The van der Waals surface area contributed by atoms with Crippen LogP contribution in [0, 0.1) is 0 Å². The van der Waals surface area contributed by atoms with Crippen LogP contribution in [0.3, 0.4) is 0 Å². The second-order valence-corrected chi connectivity index (χ2v) is 6.67. The lowest BCUT2D eigenvalue weighted by Gasteiger charge is -2.13. The number of benzene rings is 2. The van der Waals surface area contributed by atoms with Gasteiger partial charge in [0, 0.05) is 29.9 Å². The van der Waals surface area contributed by atoms with Crippen LogP contribution < -0.4 is 15.4 Å². The number of carbonyl (C=O) groups is 1. The maximum absolute atomic E-state index is 12.3. The van der Waals surface area contributed by atoms with Crippen LogP contribution in [0.4, 0.5) is 11.5 Å². The van der Waals surface area contributed by atoms with E-state index in [1.165, 1.54) is 0 Å². The molecule has 0 atom stereocenters. The van der Waals surface area contributed by atoms with Crippen molar-refractivity contribution in [2.24, 2.45) is 0 Å². The van der Waals surface area contributed by atoms with Crippen LogP contribution >= 0.6 is 0 Å². The summed E-state index contributed by atoms with van der Waals surface area (Å²) < 4.78 is 5.38. The van der Waals surface area contributed by atoms with E-state index in [4.69, 9.17) is 9.72 Å². The van der Waals surface area contributed by atoms with Crippen molar-refractivity contribution >= 4 is 28.3 Å². The average Bonchev–Trinajstić information content (AvgIpc) is 3.16. The molecule has 7 nitrogen and oxygen atoms in total. The summed E-state index contributed by atoms with van der Waals surface area (Å²) in [4.78, 5) is 25.9. The quantitative estimate of drug-likeness (QED) is 0.559. The number of fused-ring (bicyclic) bond motifs is 2. The SMILES string of the molecule is COc1ccc2nc(-c3cccnc3)nc(Nc3cccc4c3C(=O)NC4)c2c1. The van der Waals surface area contributed by atoms with Gasteiger partial charge >= 0.3 is 0 Å². The molecular weight excluding hydrogens is 366 g/mol. The highest BCUT2D eigenvalue weighted by atomic mass is 16.5. The van der Waals surface area contributed by atoms with Gasteiger partial charge in [-0.15, -0.1) is 0 Å². The fraction of sp³-hybridized carbons (Fsp3) is 0.0909. The Morgan fingerprint density at radius 3 is 2.86 bits per heavy atom. The predicted molar refractivity (Wildman–Crippen MR) is 110 cm³/mol. The zero-order chi connectivity index (χ0) is 19.8. The summed E-state index contributed by atoms with van der Waals surface area (Å²) in [5, 5.41) is 7.01. The van der Waals surface area contributed by atoms with Gasteiger partial charge < -0.3 is 15.4 Å². The van der Waals surface area contributed by atoms with E-state index in [0.29, 0.717) is 35.2 Å². The van der Waals surface area contributed by atoms with E-state index in [2.05, 4.69) is 20.6 Å². The average molecular weight is 383 g/mol. The van der Waals surface area contributed by atoms with Crippen LogP contribution in [0.15, 0.2) is 60.9 Å². The van der Waals surface area contributed by atoms with Crippen molar-refractivity contribution in [3.8, 4) is 17.1 Å². The fourth-order valence-corrected chi connectivity index (χ4v) is 3.47. The highest BCUT2D eigenvalue weighted by Gasteiger charge is 2.23. The maximum Gasteiger partial charge on any atom is 0.254 e. The number of methoxy groups -OCH3 is 1. The number of pyridine rings is 1. The molecule has 0 aliphatic carbocycles. The van der Waals surface area contributed by atoms with Gasteiger partial charge in [-0.2, -0.15) is 0 Å². The van der Waals surface area contributed by atoms with Crippen LogP contribution in [0.2, 0.25) is 0 Å². The van der Waals surface area contributed by atoms with Crippen molar-refractivity contribution < 1.29 is 9.53 Å². The number of ether oxygens (including phenoxy) is 1. The van der Waals surface area contributed by atoms with Crippen LogP contribution in [0.1, 0.15) is 15.9 Å². The summed E-state index contributed by atoms with van der Waals surface area (Å²) >= 11 is 0. The van der Waals surface area contributed by atoms with E-state index in [9.17, 15) is 4.79 Å². The van der Waals surface area contributed by atoms with Crippen molar-refractivity contribution in [2.75, 3.05) is 12.4 Å². The van der Waals surface area contributed by atoms with Crippen molar-refractivity contribution in [1.82, 2.24) is 20.3 Å². The number of carbonyl (C=O) groups excluding carboxylic acids is 1. The lowest BCUT2D eigenvalue weighted by atomic mass is 10.1. The number of nitrogens with zero attached hydrogens (tertiary/aromatic N) is 3. The molecule has 5 rings (SSSR count). The summed E-state index contributed by atoms with van der Waals surface area (Å²) in [5.41, 5.74) is 3.88. The maximum atomic E-state index is 12.3. The second kappa shape index (κ2) is 6.87. The predicted octanol–water partition coefficient (Wildman–Crippen LogP) is 3.69. The van der Waals surface area contributed by atoms with Gasteiger partial charge in [-0.05, 0) is 42.0 Å². The molecule has 1 amide bonds. The van der Waals surface area contributed by atoms with E-state index >= 15 is 0 Å². The van der Waals surface area contributed by atoms with E-state index in [1.807, 2.05) is 48.5 Å². The highest BCUT2D eigenvalue weighted by molar-refractivity contribution is 6.05. The van der Waals surface area contributed by atoms with Gasteiger partial charge in [0.1, 0.15) is 11.6 Å². The third-order valence-corrected chi connectivity index (χ3v) is 4.89. The Morgan fingerprint density at radius 2 is 2.03 bits per heavy atom. The second-order valence-electron chi connectivity index (χ2n) is 6.67. The minimum Gasteiger partial charge on any atom is -0.497 e. The molecule has 0 radical (unpaired) electrons. The number of anilines is 2. The van der Waals surface area contributed by atoms with Crippen LogP contribution in [0.25, 0.3) is 22.3 Å². The van der Waals surface area contributed by atoms with Gasteiger partial charge in [-0.3, -0.25) is 9.78 Å². The molecule has 0 fully saturated rings. The van der Waals surface area contributed by atoms with Crippen molar-refractivity contribution in [3.63, 3.8) is 0 Å². The largest absolute Gasteiger partial charge is 0.497 e. The minimum absolute atomic E-state index is 0.0912. The first-order chi connectivity index (χ1) is 14.2. The third kappa shape index (κ3) is 3.02. The van der Waals surface area contributed by atoms with Crippen molar-refractivity contribution in [3.05, 3.63) is 72.1 Å². The number of rotatable bonds is 4. The Bertz CT molecular complexity index is 1240. The molecule has 2 aromatic carbocycles. The summed E-state index contributed by atoms with van der Waals surface area (Å²) in [6.45, 7) is 0.531. The lowest BCUT2D eigenvalue weighted by molar-refractivity contribution is 0.0966. The van der Waals surface area contributed by atoms with E-state index in [0.717, 1.165) is 22.0 Å². The summed E-state index contributed by atoms with van der Waals surface area (Å²) in [6.07, 6.45) is 3.43. The topological polar surface area (TPSA) is 89.0 Å². The molecule has 0 saturated carbocycles. The number of amides is 1. The summed E-state index contributed by atoms with van der Waals surface area (Å²) in [5.74, 6) is 1.76. The summed E-state index contributed by atoms with van der Waals surface area (Å²) in [7, 11) is 1.62. The Hall–Kier alpha value is -4.00. The Kier molecular flexibility index (Phi) is 4.05. The Labute approximate surface area is 166 Å². The molecule has 0 saturated heterocycles. The van der Waals surface area contributed by atoms with Gasteiger partial charge in [0.15, 0.2) is 5.82 Å². The molecule has 2 N–H and O–H groups in total. The van der Waals surface area contributed by atoms with Crippen LogP contribution in [0.5, 0.6) is 5.75 Å². The smallest absolute Gasteiger partial charge is 0.254 e. The lowest BCUT2D eigenvalue weighted by Crippen LogP contribution is -2.13. The van der Waals surface area contributed by atoms with Crippen molar-refractivity contribution in [1.29, 1.82) is 0 Å². The van der Waals surface area contributed by atoms with E-state index < -0.39 is 0 Å². The fourth-order valence-electron chi connectivity index (χ4n) is 3.47. The molecule has 142 valence electrons. The molecule has 1 aliphatic rings. The van der Waals surface area contributed by atoms with E-state index in [-0.39, 0.29) is 5.91 Å². The van der Waals surface area contributed by atoms with Crippen LogP contribution in [-0.2, 0) is 6.54 Å². The molecule has 29 heavy (non-hydrogen) atoms. The van der Waals surface area contributed by atoms with Gasteiger partial charge in [0.05, 0.1) is 23.9 Å². The Morgan fingerprint density at radius 1 is 1.10 bits per heavy atom. The minimum atomic E-state index is -0.0912. The number of hydrogen-bond donors (Lipinski definition) is 2. The molecule has 0 spiro atoms. The first-order valence-electron chi connectivity index (χ1n) is 9.16. The standard InChI is InChI=1S/C22H17N5O2/c1-29-15-7-8-17-16(10-15)21(27-20(25-17)14-5-3-9-23-11-14)26-18-6-2-4-13-12-24-22(28)19(13)18/h2-11H,12H2,1H3,(H,24,28)(H,25,26,27). The number of nitrogens with one attached hydrogen (secondary N) is 2. The highest BCUT2D eigenvalue weighted by Crippen LogP contribution is 2.32. The van der Waals surface area contributed by atoms with Crippen LogP contribution in [-0.4, -0.2) is 28.0 Å². The molecule has 3 heterocycles. The van der Waals surface area contributed by atoms with Gasteiger partial charge in [0.2, 0.25) is 0 Å². The number of hydrogen-bond acceptors (Lipinski definition) is 6. The molecule has 4 aromatic rings. The van der Waals surface area contributed by atoms with Gasteiger partial charge in [-0.1, -0.05) is 12.1 Å². The molecule has 2 aromatic heterocycles. The molecule has 0 bridgehead atoms. The first-order valence-corrected chi connectivity index (χ1v) is 9.16. The zero-order valence-electron chi connectivity index (χ0n) is 15.6. The van der Waals surface area contributed by atoms with Gasteiger partial charge in [-0.25, -0.2) is 9.97 Å². The third-order valence-electron chi connectivity index (χ3n) is 4.89. The zero-order valence-corrected chi connectivity index (χ0v) is 15.6. The molecule has 0 unspecified atom stereocenters. The van der Waals surface area contributed by atoms with E-state index in [1.54, 1.807) is 19.5 Å². The Balaban J connectivity index is 1.69. The monoisotopic (exact) mass is 383 g/mol. The summed E-state index contributed by atoms with van der Waals surface area (Å²) in [6, 6.07) is 15.1. The molecule has 7 heteroatoms.